The molecule has 2 aliphatic carbocycles. The molecule has 0 radical (unpaired) electrons. The number of hydrogen-bond acceptors (Lipinski definition) is 0. The topological polar surface area (TPSA) is 0 Å². The summed E-state index contributed by atoms with van der Waals surface area (Å²) in [5.41, 5.74) is 0.632. The van der Waals surface area contributed by atoms with Crippen molar-refractivity contribution in [3.8, 4) is 0 Å². The molecular weight excluding hydrogens is 285 g/mol. The minimum absolute atomic E-state index is 0. The highest BCUT2D eigenvalue weighted by molar-refractivity contribution is 5.23. The van der Waals surface area contributed by atoms with Crippen LogP contribution in [0.3, 0.4) is 0 Å². The quantitative estimate of drug-likeness (QED) is 0.533. The molecule has 0 aromatic heterocycles. The average molecular weight is 314 g/mol. The predicted octanol–water partition coefficient (Wildman–Crippen LogP) is 6.70. The molecule has 2 aliphatic rings. The molecule has 0 aliphatic heterocycles. The van der Waals surface area contributed by atoms with Crippen molar-refractivity contribution in [2.75, 3.05) is 0 Å². The third-order valence-electron chi connectivity index (χ3n) is 5.98. The fourth-order valence-corrected chi connectivity index (χ4v) is 4.49. The Balaban J connectivity index is 0.00000144. The molecule has 2 fully saturated rings. The van der Waals surface area contributed by atoms with Gasteiger partial charge in [0, 0.05) is 2.85 Å². The Morgan fingerprint density at radius 3 is 1.73 bits per heavy atom. The van der Waals surface area contributed by atoms with Crippen LogP contribution in [0.1, 0.15) is 72.6 Å². The van der Waals surface area contributed by atoms with E-state index in [1.54, 1.807) is 0 Å². The van der Waals surface area contributed by atoms with Crippen LogP contribution < -0.4 is 0 Å². The van der Waals surface area contributed by atoms with Crippen molar-refractivity contribution in [1.82, 2.24) is 0 Å². The van der Waals surface area contributed by atoms with Gasteiger partial charge in [-0.2, -0.15) is 0 Å². The van der Waals surface area contributed by atoms with E-state index in [1.165, 1.54) is 37.8 Å². The lowest BCUT2D eigenvalue weighted by atomic mass is 9.68. The molecule has 126 valence electrons. The van der Waals surface area contributed by atoms with Crippen molar-refractivity contribution >= 4 is 0 Å². The van der Waals surface area contributed by atoms with Gasteiger partial charge in [-0.1, -0.05) is 19.8 Å². The molecule has 0 heterocycles. The standard InChI is InChI=1S/C19H25F3.2H2/c1-12-2-4-13(5-3-12)14-6-8-15(9-7-14)16-10-17(20)19(22)18(21)11-16;;/h10-15H,2-9H2,1H3;2*1H. The molecule has 2 saturated carbocycles. The third-order valence-corrected chi connectivity index (χ3v) is 5.98. The van der Waals surface area contributed by atoms with Gasteiger partial charge < -0.3 is 0 Å². The van der Waals surface area contributed by atoms with Gasteiger partial charge in [0.05, 0.1) is 0 Å². The highest BCUT2D eigenvalue weighted by Gasteiger charge is 2.30. The van der Waals surface area contributed by atoms with Gasteiger partial charge in [0.25, 0.3) is 0 Å². The van der Waals surface area contributed by atoms with Crippen molar-refractivity contribution in [1.29, 1.82) is 0 Å². The molecule has 1 aromatic carbocycles. The van der Waals surface area contributed by atoms with Gasteiger partial charge >= 0.3 is 0 Å². The summed E-state index contributed by atoms with van der Waals surface area (Å²) in [6.07, 6.45) is 9.61. The highest BCUT2D eigenvalue weighted by Crippen LogP contribution is 2.44. The highest BCUT2D eigenvalue weighted by atomic mass is 19.2. The zero-order chi connectivity index (χ0) is 15.7. The molecule has 0 amide bonds. The second-order valence-electron chi connectivity index (χ2n) is 7.43. The molecule has 0 unspecified atom stereocenters. The normalized spacial score (nSPS) is 32.9. The SMILES string of the molecule is CC1CCC(C2CCC(c3cc(F)c(F)c(F)c3)CC2)CC1.[HH].[HH]. The summed E-state index contributed by atoms with van der Waals surface area (Å²) in [5, 5.41) is 0. The van der Waals surface area contributed by atoms with Gasteiger partial charge in [0.15, 0.2) is 17.5 Å². The summed E-state index contributed by atoms with van der Waals surface area (Å²) >= 11 is 0. The van der Waals surface area contributed by atoms with Gasteiger partial charge in [0.1, 0.15) is 0 Å². The van der Waals surface area contributed by atoms with Gasteiger partial charge in [0.2, 0.25) is 0 Å². The Morgan fingerprint density at radius 2 is 1.23 bits per heavy atom. The largest absolute Gasteiger partial charge is 0.204 e. The number of benzene rings is 1. The summed E-state index contributed by atoms with van der Waals surface area (Å²) < 4.78 is 39.8. The fourth-order valence-electron chi connectivity index (χ4n) is 4.49. The smallest absolute Gasteiger partial charge is 0.194 e. The van der Waals surface area contributed by atoms with E-state index in [0.717, 1.165) is 43.4 Å². The average Bonchev–Trinajstić information content (AvgIpc) is 2.53. The Hall–Kier alpha value is -0.990. The van der Waals surface area contributed by atoms with Gasteiger partial charge in [-0.15, -0.1) is 0 Å². The minimum atomic E-state index is -1.35. The van der Waals surface area contributed by atoms with E-state index in [9.17, 15) is 13.2 Å². The van der Waals surface area contributed by atoms with E-state index in [0.29, 0.717) is 5.56 Å². The third kappa shape index (κ3) is 3.33. The fraction of sp³-hybridized carbons (Fsp3) is 0.684. The summed E-state index contributed by atoms with van der Waals surface area (Å²) in [7, 11) is 0. The number of rotatable bonds is 2. The summed E-state index contributed by atoms with van der Waals surface area (Å²) in [6, 6.07) is 2.37. The molecular formula is C19H29F3. The first-order chi connectivity index (χ1) is 10.5. The van der Waals surface area contributed by atoms with E-state index in [-0.39, 0.29) is 8.77 Å². The lowest BCUT2D eigenvalue weighted by Gasteiger charge is -2.37. The van der Waals surface area contributed by atoms with Crippen molar-refractivity contribution in [2.24, 2.45) is 17.8 Å². The van der Waals surface area contributed by atoms with E-state index in [4.69, 9.17) is 0 Å². The van der Waals surface area contributed by atoms with Crippen LogP contribution in [-0.4, -0.2) is 0 Å². The maximum absolute atomic E-state index is 13.4. The van der Waals surface area contributed by atoms with Crippen LogP contribution in [0.15, 0.2) is 12.1 Å². The van der Waals surface area contributed by atoms with Crippen LogP contribution >= 0.6 is 0 Å². The lowest BCUT2D eigenvalue weighted by molar-refractivity contribution is 0.165. The molecule has 0 saturated heterocycles. The molecule has 0 spiro atoms. The number of halogens is 3. The molecule has 0 nitrogen and oxygen atoms in total. The monoisotopic (exact) mass is 314 g/mol. The van der Waals surface area contributed by atoms with Crippen molar-refractivity contribution in [2.45, 2.75) is 64.2 Å². The van der Waals surface area contributed by atoms with Crippen LogP contribution in [0, 0.1) is 35.2 Å². The van der Waals surface area contributed by atoms with Crippen LogP contribution in [0.25, 0.3) is 0 Å². The summed E-state index contributed by atoms with van der Waals surface area (Å²) in [6.45, 7) is 2.34. The molecule has 3 heteroatoms. The zero-order valence-corrected chi connectivity index (χ0v) is 13.3. The Kier molecular flexibility index (Phi) is 4.79. The van der Waals surface area contributed by atoms with Crippen LogP contribution in [0.5, 0.6) is 0 Å². The molecule has 0 N–H and O–H groups in total. The van der Waals surface area contributed by atoms with E-state index < -0.39 is 17.5 Å². The van der Waals surface area contributed by atoms with E-state index in [1.807, 2.05) is 0 Å². The maximum atomic E-state index is 13.4. The van der Waals surface area contributed by atoms with Crippen LogP contribution in [-0.2, 0) is 0 Å². The van der Waals surface area contributed by atoms with Crippen LogP contribution in [0.2, 0.25) is 0 Å². The summed E-state index contributed by atoms with van der Waals surface area (Å²) in [4.78, 5) is 0. The molecule has 0 bridgehead atoms. The molecule has 0 atom stereocenters. The molecule has 22 heavy (non-hydrogen) atoms. The van der Waals surface area contributed by atoms with Gasteiger partial charge in [-0.05, 0) is 79.9 Å². The van der Waals surface area contributed by atoms with Gasteiger partial charge in [-0.25, -0.2) is 13.2 Å². The Bertz CT molecular complexity index is 496. The first-order valence-electron chi connectivity index (χ1n) is 8.69. The maximum Gasteiger partial charge on any atom is 0.194 e. The van der Waals surface area contributed by atoms with Gasteiger partial charge in [-0.3, -0.25) is 0 Å². The lowest BCUT2D eigenvalue weighted by Crippen LogP contribution is -2.24. The van der Waals surface area contributed by atoms with Crippen molar-refractivity contribution < 1.29 is 16.0 Å². The second kappa shape index (κ2) is 6.64. The van der Waals surface area contributed by atoms with Crippen molar-refractivity contribution in [3.63, 3.8) is 0 Å². The number of hydrogen-bond donors (Lipinski definition) is 0. The molecule has 3 rings (SSSR count). The first-order valence-corrected chi connectivity index (χ1v) is 8.69. The Labute approximate surface area is 134 Å². The van der Waals surface area contributed by atoms with Crippen LogP contribution in [0.4, 0.5) is 13.2 Å². The first kappa shape index (κ1) is 15.9. The van der Waals surface area contributed by atoms with E-state index in [2.05, 4.69) is 6.92 Å². The second-order valence-corrected chi connectivity index (χ2v) is 7.43. The minimum Gasteiger partial charge on any atom is -0.204 e. The Morgan fingerprint density at radius 1 is 0.773 bits per heavy atom. The van der Waals surface area contributed by atoms with Crippen molar-refractivity contribution in [3.05, 3.63) is 35.1 Å². The van der Waals surface area contributed by atoms with E-state index >= 15 is 0 Å². The zero-order valence-electron chi connectivity index (χ0n) is 13.3. The molecule has 1 aromatic rings. The predicted molar refractivity (Wildman–Crippen MR) is 86.4 cm³/mol. The summed E-state index contributed by atoms with van der Waals surface area (Å²) in [5.74, 6) is -0.788.